The molecule has 2 heterocycles. The number of carbonyl (C=O) groups excluding carboxylic acids is 2. The first-order valence-electron chi connectivity index (χ1n) is 10.7. The van der Waals surface area contributed by atoms with Crippen LogP contribution < -0.4 is 15.5 Å². The zero-order chi connectivity index (χ0) is 23.3. The molecule has 1 aliphatic heterocycles. The van der Waals surface area contributed by atoms with Crippen LogP contribution in [0.1, 0.15) is 43.3 Å². The van der Waals surface area contributed by atoms with Crippen LogP contribution in [0.3, 0.4) is 0 Å². The number of anilines is 2. The van der Waals surface area contributed by atoms with Crippen molar-refractivity contribution >= 4 is 46.2 Å². The van der Waals surface area contributed by atoms with Crippen LogP contribution in [0, 0.1) is 0 Å². The fourth-order valence-corrected chi connectivity index (χ4v) is 4.46. The Morgan fingerprint density at radius 2 is 1.94 bits per heavy atom. The molecule has 3 N–H and O–H groups in total. The van der Waals surface area contributed by atoms with E-state index in [1.54, 1.807) is 12.1 Å². The second-order valence-corrected chi connectivity index (χ2v) is 10.5. The number of aliphatic hydroxyl groups is 1. The van der Waals surface area contributed by atoms with Gasteiger partial charge in [-0.15, -0.1) is 11.3 Å². The smallest absolute Gasteiger partial charge is 0.329 e. The first kappa shape index (κ1) is 24.4. The lowest BCUT2D eigenvalue weighted by molar-refractivity contribution is -0.156. The number of hydrogen-bond donors (Lipinski definition) is 3. The van der Waals surface area contributed by atoms with Crippen LogP contribution >= 0.6 is 22.9 Å². The molecule has 1 aromatic carbocycles. The van der Waals surface area contributed by atoms with Crippen LogP contribution in [0.25, 0.3) is 0 Å². The first-order chi connectivity index (χ1) is 15.1. The summed E-state index contributed by atoms with van der Waals surface area (Å²) in [5.74, 6) is -0.442. The van der Waals surface area contributed by atoms with Crippen LogP contribution in [-0.4, -0.2) is 54.4 Å². The standard InChI is InChI=1S/C23H30ClN3O4S/c1-23(2,3)31-22(30)18-5-4-12-27(18)16-8-6-15(7-9-16)25-13-17(28)14-26-21(29)19-10-11-20(24)32-19/h6-11,17-18,25,28H,4-5,12-14H2,1-3H3,(H,26,29)/t17?,18-/m0/s1. The van der Waals surface area contributed by atoms with Crippen molar-refractivity contribution in [2.75, 3.05) is 29.9 Å². The van der Waals surface area contributed by atoms with Gasteiger partial charge in [-0.1, -0.05) is 11.6 Å². The zero-order valence-corrected chi connectivity index (χ0v) is 20.1. The number of ether oxygens (including phenoxy) is 1. The number of hydrogen-bond acceptors (Lipinski definition) is 7. The van der Waals surface area contributed by atoms with Gasteiger partial charge in [0.2, 0.25) is 0 Å². The van der Waals surface area contributed by atoms with Gasteiger partial charge in [-0.25, -0.2) is 4.79 Å². The third-order valence-corrected chi connectivity index (χ3v) is 6.20. The number of nitrogens with zero attached hydrogens (tertiary/aromatic N) is 1. The highest BCUT2D eigenvalue weighted by atomic mass is 35.5. The molecule has 1 aromatic heterocycles. The maximum atomic E-state index is 12.6. The molecule has 0 bridgehead atoms. The topological polar surface area (TPSA) is 90.9 Å². The van der Waals surface area contributed by atoms with E-state index in [4.69, 9.17) is 16.3 Å². The van der Waals surface area contributed by atoms with Crippen molar-refractivity contribution in [3.8, 4) is 0 Å². The van der Waals surface area contributed by atoms with E-state index in [0.29, 0.717) is 9.21 Å². The van der Waals surface area contributed by atoms with E-state index in [1.165, 1.54) is 11.3 Å². The second-order valence-electron chi connectivity index (χ2n) is 8.78. The van der Waals surface area contributed by atoms with E-state index in [1.807, 2.05) is 45.0 Å². The van der Waals surface area contributed by atoms with Crippen molar-refractivity contribution in [3.05, 3.63) is 45.6 Å². The van der Waals surface area contributed by atoms with Crippen LogP contribution in [-0.2, 0) is 9.53 Å². The minimum atomic E-state index is -0.746. The molecule has 0 aliphatic carbocycles. The number of carbonyl (C=O) groups is 2. The van der Waals surface area contributed by atoms with Gasteiger partial charge in [0.25, 0.3) is 5.91 Å². The van der Waals surface area contributed by atoms with Crippen molar-refractivity contribution in [1.29, 1.82) is 0 Å². The van der Waals surface area contributed by atoms with E-state index < -0.39 is 11.7 Å². The van der Waals surface area contributed by atoms with Gasteiger partial charge in [0.15, 0.2) is 0 Å². The van der Waals surface area contributed by atoms with E-state index in [0.717, 1.165) is 30.8 Å². The Bertz CT molecular complexity index is 926. The molecule has 1 amide bonds. The Morgan fingerprint density at radius 1 is 1.22 bits per heavy atom. The molecule has 9 heteroatoms. The van der Waals surface area contributed by atoms with Gasteiger partial charge in [0.05, 0.1) is 15.3 Å². The molecular formula is C23H30ClN3O4S. The molecule has 2 atom stereocenters. The van der Waals surface area contributed by atoms with Crippen molar-refractivity contribution in [2.24, 2.45) is 0 Å². The van der Waals surface area contributed by atoms with Gasteiger partial charge in [0.1, 0.15) is 11.6 Å². The second kappa shape index (κ2) is 10.6. The van der Waals surface area contributed by atoms with Gasteiger partial charge < -0.3 is 25.4 Å². The molecule has 0 spiro atoms. The normalized spacial score (nSPS) is 17.2. The number of nitrogens with one attached hydrogen (secondary N) is 2. The van der Waals surface area contributed by atoms with Gasteiger partial charge in [0, 0.05) is 31.0 Å². The summed E-state index contributed by atoms with van der Waals surface area (Å²) in [5.41, 5.74) is 1.31. The lowest BCUT2D eigenvalue weighted by Gasteiger charge is -2.29. The quantitative estimate of drug-likeness (QED) is 0.497. The Hall–Kier alpha value is -2.29. The lowest BCUT2D eigenvalue weighted by Crippen LogP contribution is -2.40. The molecule has 32 heavy (non-hydrogen) atoms. The molecule has 1 aliphatic rings. The van der Waals surface area contributed by atoms with Gasteiger partial charge in [-0.05, 0) is 70.0 Å². The predicted molar refractivity (Wildman–Crippen MR) is 129 cm³/mol. The van der Waals surface area contributed by atoms with E-state index in [9.17, 15) is 14.7 Å². The number of amides is 1. The Morgan fingerprint density at radius 3 is 2.56 bits per heavy atom. The molecule has 3 rings (SSSR count). The van der Waals surface area contributed by atoms with E-state index in [-0.39, 0.29) is 31.0 Å². The summed E-state index contributed by atoms with van der Waals surface area (Å²) in [5, 5.41) is 16.0. The van der Waals surface area contributed by atoms with Gasteiger partial charge >= 0.3 is 5.97 Å². The summed E-state index contributed by atoms with van der Waals surface area (Å²) < 4.78 is 6.12. The van der Waals surface area contributed by atoms with Crippen molar-refractivity contribution in [2.45, 2.75) is 51.4 Å². The minimum absolute atomic E-state index is 0.130. The van der Waals surface area contributed by atoms with E-state index in [2.05, 4.69) is 15.5 Å². The molecule has 2 aromatic rings. The fourth-order valence-electron chi connectivity index (χ4n) is 3.50. The summed E-state index contributed by atoms with van der Waals surface area (Å²) in [7, 11) is 0. The molecular weight excluding hydrogens is 450 g/mol. The Labute approximate surface area is 197 Å². The highest BCUT2D eigenvalue weighted by Crippen LogP contribution is 2.28. The highest BCUT2D eigenvalue weighted by Gasteiger charge is 2.34. The van der Waals surface area contributed by atoms with Crippen LogP contribution in [0.15, 0.2) is 36.4 Å². The average Bonchev–Trinajstić information content (AvgIpc) is 3.39. The Kier molecular flexibility index (Phi) is 8.03. The number of esters is 1. The van der Waals surface area contributed by atoms with E-state index >= 15 is 0 Å². The number of halogens is 1. The number of benzene rings is 1. The third kappa shape index (κ3) is 6.85. The molecule has 0 radical (unpaired) electrons. The molecule has 0 saturated carbocycles. The maximum absolute atomic E-state index is 12.6. The van der Waals surface area contributed by atoms with Gasteiger partial charge in [-0.2, -0.15) is 0 Å². The van der Waals surface area contributed by atoms with Crippen molar-refractivity contribution in [1.82, 2.24) is 5.32 Å². The van der Waals surface area contributed by atoms with Crippen molar-refractivity contribution < 1.29 is 19.4 Å². The number of thiophene rings is 1. The molecule has 1 saturated heterocycles. The molecule has 1 fully saturated rings. The average molecular weight is 480 g/mol. The largest absolute Gasteiger partial charge is 0.458 e. The maximum Gasteiger partial charge on any atom is 0.329 e. The number of rotatable bonds is 8. The number of aliphatic hydroxyl groups excluding tert-OH is 1. The van der Waals surface area contributed by atoms with Crippen LogP contribution in [0.4, 0.5) is 11.4 Å². The van der Waals surface area contributed by atoms with Crippen LogP contribution in [0.5, 0.6) is 0 Å². The summed E-state index contributed by atoms with van der Waals surface area (Å²) in [6.07, 6.45) is 0.980. The third-order valence-electron chi connectivity index (χ3n) is 4.97. The molecule has 174 valence electrons. The van der Waals surface area contributed by atoms with Crippen LogP contribution in [0.2, 0.25) is 4.34 Å². The van der Waals surface area contributed by atoms with Crippen molar-refractivity contribution in [3.63, 3.8) is 0 Å². The highest BCUT2D eigenvalue weighted by molar-refractivity contribution is 7.17. The fraction of sp³-hybridized carbons (Fsp3) is 0.478. The SMILES string of the molecule is CC(C)(C)OC(=O)[C@@H]1CCCN1c1ccc(NCC(O)CNC(=O)c2ccc(Cl)s2)cc1. The predicted octanol–water partition coefficient (Wildman–Crippen LogP) is 3.91. The minimum Gasteiger partial charge on any atom is -0.458 e. The summed E-state index contributed by atoms with van der Waals surface area (Å²) in [4.78, 5) is 27.2. The summed E-state index contributed by atoms with van der Waals surface area (Å²) >= 11 is 7.04. The lowest BCUT2D eigenvalue weighted by atomic mass is 10.1. The molecule has 1 unspecified atom stereocenters. The summed E-state index contributed by atoms with van der Waals surface area (Å²) in [6, 6.07) is 10.8. The molecule has 7 nitrogen and oxygen atoms in total. The zero-order valence-electron chi connectivity index (χ0n) is 18.6. The monoisotopic (exact) mass is 479 g/mol. The first-order valence-corrected chi connectivity index (χ1v) is 11.9. The summed E-state index contributed by atoms with van der Waals surface area (Å²) in [6.45, 7) is 6.86. The van der Waals surface area contributed by atoms with Gasteiger partial charge in [-0.3, -0.25) is 4.79 Å². The Balaban J connectivity index is 1.48.